The van der Waals surface area contributed by atoms with Gasteiger partial charge in [0, 0.05) is 56.1 Å². The van der Waals surface area contributed by atoms with Gasteiger partial charge in [0.2, 0.25) is 5.95 Å². The van der Waals surface area contributed by atoms with Gasteiger partial charge in [0.15, 0.2) is 0 Å². The largest absolute Gasteiger partial charge is 0.338 e. The van der Waals surface area contributed by atoms with Crippen LogP contribution in [0.15, 0.2) is 36.8 Å². The molecule has 6 heteroatoms. The molecule has 1 saturated heterocycles. The normalized spacial score (nSPS) is 16.0. The van der Waals surface area contributed by atoms with Crippen molar-refractivity contribution in [2.45, 2.75) is 13.5 Å². The van der Waals surface area contributed by atoms with Crippen molar-refractivity contribution >= 4 is 16.9 Å². The number of aromatic nitrogens is 4. The molecule has 1 aliphatic rings. The molecule has 2 aromatic heterocycles. The molecule has 0 atom stereocenters. The molecule has 1 aliphatic heterocycles. The number of piperazine rings is 1. The zero-order valence-electron chi connectivity index (χ0n) is 14.2. The van der Waals surface area contributed by atoms with Crippen LogP contribution in [-0.2, 0) is 6.54 Å². The summed E-state index contributed by atoms with van der Waals surface area (Å²) in [5.74, 6) is 0.826. The van der Waals surface area contributed by atoms with Crippen LogP contribution in [0.4, 0.5) is 5.95 Å². The lowest BCUT2D eigenvalue weighted by molar-refractivity contribution is 0.311. The third-order valence-electron chi connectivity index (χ3n) is 4.70. The zero-order valence-corrected chi connectivity index (χ0v) is 14.2. The summed E-state index contributed by atoms with van der Waals surface area (Å²) in [5.41, 5.74) is 3.33. The van der Waals surface area contributed by atoms with Crippen molar-refractivity contribution in [1.29, 1.82) is 0 Å². The fourth-order valence-corrected chi connectivity index (χ4v) is 3.16. The third kappa shape index (κ3) is 2.73. The number of fused-ring (bicyclic) bond motifs is 1. The van der Waals surface area contributed by atoms with Gasteiger partial charge in [-0.05, 0) is 31.7 Å². The quantitative estimate of drug-likeness (QED) is 0.740. The second-order valence-corrected chi connectivity index (χ2v) is 6.30. The molecule has 0 amide bonds. The second-order valence-electron chi connectivity index (χ2n) is 6.30. The van der Waals surface area contributed by atoms with Crippen LogP contribution in [0.3, 0.4) is 0 Å². The van der Waals surface area contributed by atoms with Crippen molar-refractivity contribution in [3.63, 3.8) is 0 Å². The molecule has 0 spiro atoms. The molecule has 24 heavy (non-hydrogen) atoms. The first-order valence-corrected chi connectivity index (χ1v) is 8.46. The molecule has 0 radical (unpaired) electrons. The minimum Gasteiger partial charge on any atom is -0.338 e. The van der Waals surface area contributed by atoms with Gasteiger partial charge in [-0.15, -0.1) is 0 Å². The first-order chi connectivity index (χ1) is 11.7. The number of likely N-dealkylation sites (N-methyl/N-ethyl adjacent to an activating group) is 1. The van der Waals surface area contributed by atoms with E-state index in [0.29, 0.717) is 0 Å². The lowest BCUT2D eigenvalue weighted by atomic mass is 10.1. The van der Waals surface area contributed by atoms with E-state index in [1.165, 1.54) is 0 Å². The van der Waals surface area contributed by atoms with Gasteiger partial charge in [-0.3, -0.25) is 4.68 Å². The Morgan fingerprint density at radius 2 is 1.71 bits per heavy atom. The van der Waals surface area contributed by atoms with Crippen LogP contribution in [0, 0.1) is 0 Å². The maximum absolute atomic E-state index is 4.58. The topological polar surface area (TPSA) is 50.1 Å². The van der Waals surface area contributed by atoms with Crippen molar-refractivity contribution in [3.8, 4) is 11.1 Å². The van der Waals surface area contributed by atoms with Crippen molar-refractivity contribution in [3.05, 3.63) is 36.8 Å². The molecule has 6 nitrogen and oxygen atoms in total. The van der Waals surface area contributed by atoms with Crippen LogP contribution in [0.1, 0.15) is 6.92 Å². The monoisotopic (exact) mass is 322 g/mol. The summed E-state index contributed by atoms with van der Waals surface area (Å²) >= 11 is 0. The predicted octanol–water partition coefficient (Wildman–Crippen LogP) is 2.27. The van der Waals surface area contributed by atoms with E-state index < -0.39 is 0 Å². The van der Waals surface area contributed by atoms with E-state index in [-0.39, 0.29) is 0 Å². The van der Waals surface area contributed by atoms with Gasteiger partial charge in [0.05, 0.1) is 11.7 Å². The van der Waals surface area contributed by atoms with E-state index in [1.54, 1.807) is 0 Å². The first kappa shape index (κ1) is 15.1. The minimum atomic E-state index is 0.826. The van der Waals surface area contributed by atoms with Gasteiger partial charge in [-0.2, -0.15) is 5.10 Å². The van der Waals surface area contributed by atoms with Crippen LogP contribution < -0.4 is 4.90 Å². The Balaban J connectivity index is 1.58. The SMILES string of the molecule is CCn1ncc2cc(-c3cnc(N4CCN(C)CC4)nc3)ccc21. The summed E-state index contributed by atoms with van der Waals surface area (Å²) in [5, 5.41) is 5.56. The Morgan fingerprint density at radius 3 is 2.42 bits per heavy atom. The summed E-state index contributed by atoms with van der Waals surface area (Å²) in [6.07, 6.45) is 5.76. The molecule has 0 bridgehead atoms. The minimum absolute atomic E-state index is 0.826. The molecule has 0 unspecified atom stereocenters. The summed E-state index contributed by atoms with van der Waals surface area (Å²) in [6, 6.07) is 6.39. The molecule has 1 fully saturated rings. The van der Waals surface area contributed by atoms with E-state index in [2.05, 4.69) is 57.0 Å². The average Bonchev–Trinajstić information content (AvgIpc) is 3.05. The fraction of sp³-hybridized carbons (Fsp3) is 0.389. The molecule has 0 N–H and O–H groups in total. The average molecular weight is 322 g/mol. The molecule has 0 saturated carbocycles. The van der Waals surface area contributed by atoms with Gasteiger partial charge < -0.3 is 9.80 Å². The molecular weight excluding hydrogens is 300 g/mol. The zero-order chi connectivity index (χ0) is 16.5. The number of nitrogens with zero attached hydrogens (tertiary/aromatic N) is 6. The maximum Gasteiger partial charge on any atom is 0.225 e. The fourth-order valence-electron chi connectivity index (χ4n) is 3.16. The van der Waals surface area contributed by atoms with E-state index in [9.17, 15) is 0 Å². The number of anilines is 1. The van der Waals surface area contributed by atoms with Crippen LogP contribution in [0.25, 0.3) is 22.0 Å². The highest BCUT2D eigenvalue weighted by Gasteiger charge is 2.16. The van der Waals surface area contributed by atoms with E-state index in [1.807, 2.05) is 23.3 Å². The van der Waals surface area contributed by atoms with Crippen LogP contribution in [-0.4, -0.2) is 57.9 Å². The van der Waals surface area contributed by atoms with Crippen molar-refractivity contribution in [2.75, 3.05) is 38.1 Å². The van der Waals surface area contributed by atoms with E-state index in [4.69, 9.17) is 0 Å². The first-order valence-electron chi connectivity index (χ1n) is 8.46. The summed E-state index contributed by atoms with van der Waals surface area (Å²) in [6.45, 7) is 7.07. The van der Waals surface area contributed by atoms with Gasteiger partial charge in [-0.25, -0.2) is 9.97 Å². The lowest BCUT2D eigenvalue weighted by Crippen LogP contribution is -2.45. The van der Waals surface area contributed by atoms with Crippen LogP contribution in [0.2, 0.25) is 0 Å². The van der Waals surface area contributed by atoms with Crippen LogP contribution in [0.5, 0.6) is 0 Å². The van der Waals surface area contributed by atoms with Crippen molar-refractivity contribution in [1.82, 2.24) is 24.6 Å². The number of benzene rings is 1. The highest BCUT2D eigenvalue weighted by molar-refractivity contribution is 5.84. The molecular formula is C18H22N6. The summed E-state index contributed by atoms with van der Waals surface area (Å²) in [4.78, 5) is 13.7. The van der Waals surface area contributed by atoms with Gasteiger partial charge in [-0.1, -0.05) is 6.07 Å². The van der Waals surface area contributed by atoms with E-state index >= 15 is 0 Å². The lowest BCUT2D eigenvalue weighted by Gasteiger charge is -2.32. The standard InChI is InChI=1S/C18H22N6/c1-3-24-17-5-4-14(10-15(17)13-21-24)16-11-19-18(20-12-16)23-8-6-22(2)7-9-23/h4-5,10-13H,3,6-9H2,1-2H3. The summed E-state index contributed by atoms with van der Waals surface area (Å²) in [7, 11) is 2.15. The molecule has 1 aromatic carbocycles. The Kier molecular flexibility index (Phi) is 3.90. The molecule has 3 heterocycles. The van der Waals surface area contributed by atoms with Gasteiger partial charge >= 0.3 is 0 Å². The van der Waals surface area contributed by atoms with Gasteiger partial charge in [0.1, 0.15) is 0 Å². The number of rotatable bonds is 3. The third-order valence-corrected chi connectivity index (χ3v) is 4.70. The van der Waals surface area contributed by atoms with Gasteiger partial charge in [0.25, 0.3) is 0 Å². The number of hydrogen-bond donors (Lipinski definition) is 0. The highest BCUT2D eigenvalue weighted by atomic mass is 15.3. The summed E-state index contributed by atoms with van der Waals surface area (Å²) < 4.78 is 2.01. The molecule has 124 valence electrons. The molecule has 0 aliphatic carbocycles. The van der Waals surface area contributed by atoms with Crippen molar-refractivity contribution < 1.29 is 0 Å². The number of aryl methyl sites for hydroxylation is 1. The van der Waals surface area contributed by atoms with Crippen molar-refractivity contribution in [2.24, 2.45) is 0 Å². The Bertz CT molecular complexity index is 830. The Labute approximate surface area is 141 Å². The molecule has 4 rings (SSSR count). The van der Waals surface area contributed by atoms with Crippen LogP contribution >= 0.6 is 0 Å². The maximum atomic E-state index is 4.58. The number of hydrogen-bond acceptors (Lipinski definition) is 5. The Hall–Kier alpha value is -2.47. The predicted molar refractivity (Wildman–Crippen MR) is 96.1 cm³/mol. The highest BCUT2D eigenvalue weighted by Crippen LogP contribution is 2.24. The second kappa shape index (κ2) is 6.20. The molecule has 3 aromatic rings. The Morgan fingerprint density at radius 1 is 0.958 bits per heavy atom. The smallest absolute Gasteiger partial charge is 0.225 e. The van der Waals surface area contributed by atoms with E-state index in [0.717, 1.165) is 60.7 Å².